The van der Waals surface area contributed by atoms with Crippen molar-refractivity contribution in [2.75, 3.05) is 5.73 Å². The van der Waals surface area contributed by atoms with Gasteiger partial charge in [0.1, 0.15) is 5.75 Å². The lowest BCUT2D eigenvalue weighted by atomic mass is 9.95. The van der Waals surface area contributed by atoms with Gasteiger partial charge in [-0.3, -0.25) is 0 Å². The smallest absolute Gasteiger partial charge is 0.125 e. The van der Waals surface area contributed by atoms with Gasteiger partial charge in [0.2, 0.25) is 0 Å². The number of phenolic OH excluding ortho intramolecular Hbond substituents is 1. The molecule has 0 aliphatic heterocycles. The Bertz CT molecular complexity index is 518. The van der Waals surface area contributed by atoms with E-state index in [0.29, 0.717) is 5.69 Å². The number of nitrogen functional groups attached to an aromatic ring is 1. The van der Waals surface area contributed by atoms with E-state index < -0.39 is 0 Å². The van der Waals surface area contributed by atoms with Gasteiger partial charge in [-0.2, -0.15) is 0 Å². The van der Waals surface area contributed by atoms with Crippen LogP contribution in [0, 0.1) is 13.8 Å². The average molecular weight is 213 g/mol. The summed E-state index contributed by atoms with van der Waals surface area (Å²) in [4.78, 5) is 0. The van der Waals surface area contributed by atoms with Crippen LogP contribution in [0.2, 0.25) is 0 Å². The fourth-order valence-electron chi connectivity index (χ4n) is 1.89. The van der Waals surface area contributed by atoms with Crippen LogP contribution in [0.5, 0.6) is 5.75 Å². The Labute approximate surface area is 95.4 Å². The van der Waals surface area contributed by atoms with Gasteiger partial charge in [-0.1, -0.05) is 30.3 Å². The Hall–Kier alpha value is -1.96. The molecule has 82 valence electrons. The van der Waals surface area contributed by atoms with E-state index in [2.05, 4.69) is 0 Å². The minimum Gasteiger partial charge on any atom is -0.507 e. The van der Waals surface area contributed by atoms with E-state index in [1.807, 2.05) is 44.2 Å². The molecule has 0 saturated carbocycles. The highest BCUT2D eigenvalue weighted by Crippen LogP contribution is 2.36. The summed E-state index contributed by atoms with van der Waals surface area (Å²) in [5, 5.41) is 9.97. The van der Waals surface area contributed by atoms with Gasteiger partial charge >= 0.3 is 0 Å². The number of phenols is 1. The number of nitrogens with two attached hydrogens (primary N) is 1. The zero-order valence-corrected chi connectivity index (χ0v) is 9.49. The summed E-state index contributed by atoms with van der Waals surface area (Å²) in [5.41, 5.74) is 10.4. The molecule has 2 rings (SSSR count). The molecule has 0 radical (unpaired) electrons. The van der Waals surface area contributed by atoms with Gasteiger partial charge in [-0.05, 0) is 30.5 Å². The lowest BCUT2D eigenvalue weighted by molar-refractivity contribution is 0.477. The highest BCUT2D eigenvalue weighted by molar-refractivity contribution is 5.78. The topological polar surface area (TPSA) is 46.2 Å². The first kappa shape index (κ1) is 10.6. The van der Waals surface area contributed by atoms with Gasteiger partial charge < -0.3 is 10.8 Å². The zero-order chi connectivity index (χ0) is 11.7. The van der Waals surface area contributed by atoms with Crippen molar-refractivity contribution in [1.29, 1.82) is 0 Å². The highest BCUT2D eigenvalue weighted by atomic mass is 16.3. The molecule has 0 saturated heterocycles. The molecule has 0 aliphatic rings. The molecule has 3 N–H and O–H groups in total. The Balaban J connectivity index is 2.71. The molecule has 0 heterocycles. The summed E-state index contributed by atoms with van der Waals surface area (Å²) in [6.07, 6.45) is 0. The van der Waals surface area contributed by atoms with Gasteiger partial charge in [-0.25, -0.2) is 0 Å². The number of anilines is 1. The molecular formula is C14H15NO. The van der Waals surface area contributed by atoms with Crippen LogP contribution in [0.1, 0.15) is 11.1 Å². The monoisotopic (exact) mass is 213 g/mol. The molecule has 0 unspecified atom stereocenters. The lowest BCUT2D eigenvalue weighted by Gasteiger charge is -2.13. The third-order valence-electron chi connectivity index (χ3n) is 2.98. The van der Waals surface area contributed by atoms with Crippen molar-refractivity contribution < 1.29 is 5.11 Å². The maximum Gasteiger partial charge on any atom is 0.125 e. The molecule has 0 bridgehead atoms. The molecule has 0 atom stereocenters. The largest absolute Gasteiger partial charge is 0.507 e. The van der Waals surface area contributed by atoms with Gasteiger partial charge in [0.05, 0.1) is 0 Å². The van der Waals surface area contributed by atoms with Gasteiger partial charge in [-0.15, -0.1) is 0 Å². The predicted octanol–water partition coefficient (Wildman–Crippen LogP) is 3.26. The van der Waals surface area contributed by atoms with Crippen LogP contribution in [0.3, 0.4) is 0 Å². The molecule has 2 aromatic carbocycles. The molecule has 0 aliphatic carbocycles. The number of aromatic hydroxyl groups is 1. The summed E-state index contributed by atoms with van der Waals surface area (Å²) in [6.45, 7) is 3.95. The third-order valence-corrected chi connectivity index (χ3v) is 2.98. The second-order valence-corrected chi connectivity index (χ2v) is 3.98. The van der Waals surface area contributed by atoms with Crippen molar-refractivity contribution in [2.24, 2.45) is 0 Å². The minimum atomic E-state index is 0.242. The minimum absolute atomic E-state index is 0.242. The van der Waals surface area contributed by atoms with Crippen molar-refractivity contribution in [3.8, 4) is 16.9 Å². The maximum absolute atomic E-state index is 9.97. The Morgan fingerprint density at radius 1 is 1.00 bits per heavy atom. The first-order valence-corrected chi connectivity index (χ1v) is 5.25. The second kappa shape index (κ2) is 3.89. The summed E-state index contributed by atoms with van der Waals surface area (Å²) >= 11 is 0. The van der Waals surface area contributed by atoms with Gasteiger partial charge in [0.25, 0.3) is 0 Å². The van der Waals surface area contributed by atoms with E-state index in [0.717, 1.165) is 22.3 Å². The summed E-state index contributed by atoms with van der Waals surface area (Å²) < 4.78 is 0. The van der Waals surface area contributed by atoms with Crippen molar-refractivity contribution in [3.63, 3.8) is 0 Å². The van der Waals surface area contributed by atoms with E-state index in [1.54, 1.807) is 6.07 Å². The van der Waals surface area contributed by atoms with Crippen molar-refractivity contribution in [1.82, 2.24) is 0 Å². The Morgan fingerprint density at radius 2 is 1.62 bits per heavy atom. The first-order chi connectivity index (χ1) is 7.61. The van der Waals surface area contributed by atoms with Crippen LogP contribution in [-0.4, -0.2) is 5.11 Å². The van der Waals surface area contributed by atoms with Crippen LogP contribution >= 0.6 is 0 Å². The van der Waals surface area contributed by atoms with Gasteiger partial charge in [0.15, 0.2) is 0 Å². The van der Waals surface area contributed by atoms with Crippen molar-refractivity contribution in [3.05, 3.63) is 47.5 Å². The second-order valence-electron chi connectivity index (χ2n) is 3.98. The molecule has 0 aromatic heterocycles. The van der Waals surface area contributed by atoms with Crippen LogP contribution in [0.25, 0.3) is 11.1 Å². The van der Waals surface area contributed by atoms with Crippen LogP contribution in [-0.2, 0) is 0 Å². The average Bonchev–Trinajstić information content (AvgIpc) is 2.28. The van der Waals surface area contributed by atoms with Crippen LogP contribution < -0.4 is 5.73 Å². The summed E-state index contributed by atoms with van der Waals surface area (Å²) in [5.74, 6) is 0.242. The van der Waals surface area contributed by atoms with Crippen molar-refractivity contribution >= 4 is 5.69 Å². The molecule has 0 spiro atoms. The lowest BCUT2D eigenvalue weighted by Crippen LogP contribution is -1.95. The molecule has 2 heteroatoms. The molecule has 0 fully saturated rings. The number of benzene rings is 2. The van der Waals surface area contributed by atoms with Gasteiger partial charge in [0, 0.05) is 17.3 Å². The van der Waals surface area contributed by atoms with Crippen LogP contribution in [0.4, 0.5) is 5.69 Å². The van der Waals surface area contributed by atoms with E-state index in [4.69, 9.17) is 5.73 Å². The molecule has 2 nitrogen and oxygen atoms in total. The highest BCUT2D eigenvalue weighted by Gasteiger charge is 2.11. The predicted molar refractivity (Wildman–Crippen MR) is 67.4 cm³/mol. The fraction of sp³-hybridized carbons (Fsp3) is 0.143. The van der Waals surface area contributed by atoms with Crippen molar-refractivity contribution in [2.45, 2.75) is 13.8 Å². The summed E-state index contributed by atoms with van der Waals surface area (Å²) in [7, 11) is 0. The number of hydrogen-bond donors (Lipinski definition) is 2. The fourth-order valence-corrected chi connectivity index (χ4v) is 1.89. The zero-order valence-electron chi connectivity index (χ0n) is 9.49. The Morgan fingerprint density at radius 3 is 2.25 bits per heavy atom. The van der Waals surface area contributed by atoms with E-state index in [-0.39, 0.29) is 5.75 Å². The Kier molecular flexibility index (Phi) is 2.57. The van der Waals surface area contributed by atoms with E-state index in [9.17, 15) is 5.11 Å². The SMILES string of the molecule is Cc1c(N)cc(O)c(-c2ccccc2)c1C. The normalized spacial score (nSPS) is 10.4. The van der Waals surface area contributed by atoms with Crippen LogP contribution in [0.15, 0.2) is 36.4 Å². The quantitative estimate of drug-likeness (QED) is 0.714. The number of hydrogen-bond acceptors (Lipinski definition) is 2. The third kappa shape index (κ3) is 1.63. The number of rotatable bonds is 1. The van der Waals surface area contributed by atoms with E-state index in [1.165, 1.54) is 0 Å². The standard InChI is InChI=1S/C14H15NO/c1-9-10(2)14(13(16)8-12(9)15)11-6-4-3-5-7-11/h3-8,16H,15H2,1-2H3. The molecule has 2 aromatic rings. The maximum atomic E-state index is 9.97. The first-order valence-electron chi connectivity index (χ1n) is 5.25. The molecular weight excluding hydrogens is 198 g/mol. The summed E-state index contributed by atoms with van der Waals surface area (Å²) in [6, 6.07) is 11.5. The van der Waals surface area contributed by atoms with E-state index >= 15 is 0 Å². The molecule has 0 amide bonds. The molecule has 16 heavy (non-hydrogen) atoms.